The van der Waals surface area contributed by atoms with Gasteiger partial charge in [0.05, 0.1) is 22.7 Å². The largest absolute Gasteiger partial charge is 0.481 e. The van der Waals surface area contributed by atoms with E-state index in [1.165, 1.54) is 6.07 Å². The minimum absolute atomic E-state index is 0.00606. The van der Waals surface area contributed by atoms with Crippen molar-refractivity contribution in [1.29, 1.82) is 0 Å². The Morgan fingerprint density at radius 3 is 2.23 bits per heavy atom. The molecular formula is C28H34FN3O8. The summed E-state index contributed by atoms with van der Waals surface area (Å²) in [6.07, 6.45) is 5.31. The monoisotopic (exact) mass is 559 g/mol. The number of benzene rings is 1. The van der Waals surface area contributed by atoms with Crippen molar-refractivity contribution in [3.8, 4) is 0 Å². The smallest absolute Gasteiger partial charge is 0.306 e. The summed E-state index contributed by atoms with van der Waals surface area (Å²) in [5, 5.41) is 20.5. The highest BCUT2D eigenvalue weighted by atomic mass is 19.1. The molecule has 4 rings (SSSR count). The van der Waals surface area contributed by atoms with Crippen LogP contribution in [0.3, 0.4) is 0 Å². The molecule has 3 heterocycles. The van der Waals surface area contributed by atoms with Crippen molar-refractivity contribution in [2.24, 2.45) is 11.8 Å². The highest BCUT2D eigenvalue weighted by Crippen LogP contribution is 2.35. The lowest BCUT2D eigenvalue weighted by molar-refractivity contribution is -0.143. The second-order valence-electron chi connectivity index (χ2n) is 10.8. The Kier molecular flexibility index (Phi) is 9.16. The Hall–Kier alpha value is -3.83. The molecule has 11 nitrogen and oxygen atoms in total. The van der Waals surface area contributed by atoms with Crippen LogP contribution >= 0.6 is 0 Å². The maximum absolute atomic E-state index is 15.2. The van der Waals surface area contributed by atoms with E-state index < -0.39 is 53.3 Å². The number of carboxylic acid groups (broad SMARTS) is 2. The van der Waals surface area contributed by atoms with E-state index in [2.05, 4.69) is 5.32 Å². The van der Waals surface area contributed by atoms with Gasteiger partial charge in [0.25, 0.3) is 11.8 Å². The molecule has 216 valence electrons. The lowest BCUT2D eigenvalue weighted by Gasteiger charge is -2.35. The minimum atomic E-state index is -1.13. The number of hydrogen-bond acceptors (Lipinski definition) is 7. The van der Waals surface area contributed by atoms with Crippen LogP contribution in [0.5, 0.6) is 0 Å². The van der Waals surface area contributed by atoms with Gasteiger partial charge < -0.3 is 15.1 Å². The van der Waals surface area contributed by atoms with Gasteiger partial charge in [-0.1, -0.05) is 19.3 Å². The molecule has 0 aliphatic carbocycles. The van der Waals surface area contributed by atoms with Crippen LogP contribution in [0.25, 0.3) is 0 Å². The van der Waals surface area contributed by atoms with E-state index in [0.29, 0.717) is 45.2 Å². The Labute approximate surface area is 230 Å². The molecule has 4 amide bonds. The molecule has 1 aromatic rings. The van der Waals surface area contributed by atoms with Gasteiger partial charge in [-0.15, -0.1) is 0 Å². The molecule has 2 fully saturated rings. The summed E-state index contributed by atoms with van der Waals surface area (Å²) in [6.45, 7) is 0.918. The van der Waals surface area contributed by atoms with E-state index in [0.717, 1.165) is 30.2 Å². The zero-order valence-corrected chi connectivity index (χ0v) is 22.2. The second-order valence-corrected chi connectivity index (χ2v) is 10.8. The normalized spacial score (nSPS) is 20.5. The van der Waals surface area contributed by atoms with Gasteiger partial charge in [0.1, 0.15) is 11.9 Å². The highest BCUT2D eigenvalue weighted by Gasteiger charge is 2.45. The zero-order chi connectivity index (χ0) is 29.0. The predicted octanol–water partition coefficient (Wildman–Crippen LogP) is 2.96. The molecule has 3 N–H and O–H groups in total. The average Bonchev–Trinajstić information content (AvgIpc) is 3.13. The van der Waals surface area contributed by atoms with E-state index in [9.17, 15) is 33.9 Å². The molecule has 12 heteroatoms. The first kappa shape index (κ1) is 29.2. The number of halogens is 1. The molecule has 3 aliphatic rings. The van der Waals surface area contributed by atoms with Crippen LogP contribution in [0.4, 0.5) is 10.1 Å². The van der Waals surface area contributed by atoms with Gasteiger partial charge in [0.2, 0.25) is 11.8 Å². The van der Waals surface area contributed by atoms with Gasteiger partial charge in [-0.3, -0.25) is 39.0 Å². The Bertz CT molecular complexity index is 1210. The Balaban J connectivity index is 1.34. The van der Waals surface area contributed by atoms with Crippen molar-refractivity contribution >= 4 is 41.3 Å². The number of carbonyl (C=O) groups excluding carboxylic acids is 4. The predicted molar refractivity (Wildman–Crippen MR) is 139 cm³/mol. The molecule has 1 aromatic carbocycles. The fourth-order valence-electron chi connectivity index (χ4n) is 5.90. The SMILES string of the molecule is O=C(O)CCCCCCC(CC1CCN(c2cc3c(cc2F)C(=O)N(C2CCC(=O)NC2=O)C3=O)CC1)C(=O)O. The van der Waals surface area contributed by atoms with Crippen molar-refractivity contribution in [3.05, 3.63) is 29.1 Å². The molecule has 2 unspecified atom stereocenters. The van der Waals surface area contributed by atoms with Crippen LogP contribution in [0.15, 0.2) is 12.1 Å². The van der Waals surface area contributed by atoms with Crippen molar-refractivity contribution in [3.63, 3.8) is 0 Å². The van der Waals surface area contributed by atoms with Gasteiger partial charge in [-0.25, -0.2) is 4.39 Å². The quantitative estimate of drug-likeness (QED) is 0.258. The first-order chi connectivity index (χ1) is 19.1. The summed E-state index contributed by atoms with van der Waals surface area (Å²) in [7, 11) is 0. The van der Waals surface area contributed by atoms with Gasteiger partial charge in [-0.05, 0) is 56.6 Å². The lowest BCUT2D eigenvalue weighted by atomic mass is 9.84. The van der Waals surface area contributed by atoms with Crippen molar-refractivity contribution in [1.82, 2.24) is 10.2 Å². The summed E-state index contributed by atoms with van der Waals surface area (Å²) < 4.78 is 15.2. The summed E-state index contributed by atoms with van der Waals surface area (Å²) in [5.74, 6) is -5.34. The third kappa shape index (κ3) is 6.48. The number of nitrogens with zero attached hydrogens (tertiary/aromatic N) is 2. The number of fused-ring (bicyclic) bond motifs is 1. The molecule has 0 aromatic heterocycles. The molecule has 0 bridgehead atoms. The third-order valence-corrected chi connectivity index (χ3v) is 8.12. The maximum Gasteiger partial charge on any atom is 0.306 e. The first-order valence-corrected chi connectivity index (χ1v) is 13.8. The molecule has 3 aliphatic heterocycles. The van der Waals surface area contributed by atoms with E-state index in [1.807, 2.05) is 0 Å². The Morgan fingerprint density at radius 1 is 0.950 bits per heavy atom. The molecular weight excluding hydrogens is 525 g/mol. The average molecular weight is 560 g/mol. The molecule has 0 radical (unpaired) electrons. The minimum Gasteiger partial charge on any atom is -0.481 e. The van der Waals surface area contributed by atoms with Gasteiger partial charge >= 0.3 is 11.9 Å². The summed E-state index contributed by atoms with van der Waals surface area (Å²) in [4.78, 5) is 74.8. The number of carboxylic acids is 2. The standard InChI is InChI=1S/C28H34FN3O8/c29-20-14-18-19(27(38)32(26(18)37)21-7-8-23(33)30-25(21)36)15-22(20)31-11-9-16(10-12-31)13-17(28(39)40)5-3-1-2-4-6-24(34)35/h14-17,21H,1-13H2,(H,34,35)(H,39,40)(H,30,33,36). The van der Waals surface area contributed by atoms with Gasteiger partial charge in [-0.2, -0.15) is 0 Å². The number of carbonyl (C=O) groups is 6. The molecule has 0 saturated carbocycles. The van der Waals surface area contributed by atoms with Gasteiger partial charge in [0.15, 0.2) is 0 Å². The molecule has 0 spiro atoms. The van der Waals surface area contributed by atoms with Crippen LogP contribution in [-0.2, 0) is 19.2 Å². The second kappa shape index (κ2) is 12.6. The summed E-state index contributed by atoms with van der Waals surface area (Å²) in [6, 6.07) is 1.25. The third-order valence-electron chi connectivity index (χ3n) is 8.12. The Morgan fingerprint density at radius 2 is 1.60 bits per heavy atom. The number of amides is 4. The lowest BCUT2D eigenvalue weighted by Crippen LogP contribution is -2.54. The van der Waals surface area contributed by atoms with Crippen LogP contribution in [-0.4, -0.2) is 69.8 Å². The highest BCUT2D eigenvalue weighted by molar-refractivity contribution is 6.23. The van der Waals surface area contributed by atoms with Crippen LogP contribution < -0.4 is 10.2 Å². The van der Waals surface area contributed by atoms with Crippen molar-refractivity contribution < 1.29 is 43.4 Å². The summed E-state index contributed by atoms with van der Waals surface area (Å²) in [5.41, 5.74) is 0.0836. The van der Waals surface area contributed by atoms with Crippen LogP contribution in [0, 0.1) is 17.7 Å². The fraction of sp³-hybridized carbons (Fsp3) is 0.571. The number of hydrogen-bond donors (Lipinski definition) is 3. The number of anilines is 1. The van der Waals surface area contributed by atoms with Gasteiger partial charge in [0, 0.05) is 25.9 Å². The number of piperidine rings is 2. The van der Waals surface area contributed by atoms with E-state index in [-0.39, 0.29) is 42.0 Å². The zero-order valence-electron chi connectivity index (χ0n) is 22.2. The molecule has 40 heavy (non-hydrogen) atoms. The number of imide groups is 2. The van der Waals surface area contributed by atoms with E-state index in [1.54, 1.807) is 4.90 Å². The van der Waals surface area contributed by atoms with Crippen LogP contribution in [0.1, 0.15) is 91.3 Å². The van der Waals surface area contributed by atoms with E-state index in [4.69, 9.17) is 5.11 Å². The van der Waals surface area contributed by atoms with Crippen molar-refractivity contribution in [2.75, 3.05) is 18.0 Å². The summed E-state index contributed by atoms with van der Waals surface area (Å²) >= 11 is 0. The van der Waals surface area contributed by atoms with Crippen LogP contribution in [0.2, 0.25) is 0 Å². The fourth-order valence-corrected chi connectivity index (χ4v) is 5.90. The number of rotatable bonds is 12. The molecule has 2 atom stereocenters. The topological polar surface area (TPSA) is 161 Å². The number of nitrogens with one attached hydrogen (secondary N) is 1. The first-order valence-electron chi connectivity index (χ1n) is 13.8. The number of unbranched alkanes of at least 4 members (excludes halogenated alkanes) is 3. The number of aliphatic carboxylic acids is 2. The van der Waals surface area contributed by atoms with Crippen molar-refractivity contribution in [2.45, 2.75) is 76.7 Å². The van der Waals surface area contributed by atoms with E-state index >= 15 is 4.39 Å². The maximum atomic E-state index is 15.2. The molecule has 2 saturated heterocycles.